The van der Waals surface area contributed by atoms with Gasteiger partial charge in [-0.3, -0.25) is 4.40 Å². The number of thioether (sulfide) groups is 1. The summed E-state index contributed by atoms with van der Waals surface area (Å²) in [5.41, 5.74) is 3.78. The van der Waals surface area contributed by atoms with Gasteiger partial charge in [-0.25, -0.2) is 4.98 Å². The number of fused-ring (bicyclic) bond motifs is 5. The van der Waals surface area contributed by atoms with Crippen molar-refractivity contribution in [3.63, 3.8) is 0 Å². The maximum atomic E-state index is 4.72. The average molecular weight is 244 g/mol. The first kappa shape index (κ1) is 8.84. The van der Waals surface area contributed by atoms with E-state index >= 15 is 0 Å². The van der Waals surface area contributed by atoms with Gasteiger partial charge in [0.1, 0.15) is 0 Å². The van der Waals surface area contributed by atoms with E-state index in [1.807, 2.05) is 11.8 Å². The third-order valence-electron chi connectivity index (χ3n) is 2.87. The molecule has 78 valence electrons. The lowest BCUT2D eigenvalue weighted by Gasteiger charge is -2.14. The van der Waals surface area contributed by atoms with Crippen LogP contribution in [0, 0.1) is 0 Å². The van der Waals surface area contributed by atoms with Gasteiger partial charge in [0.2, 0.25) is 0 Å². The van der Waals surface area contributed by atoms with E-state index in [2.05, 4.69) is 40.2 Å². The van der Waals surface area contributed by atoms with Crippen molar-refractivity contribution >= 4 is 28.1 Å². The molecule has 0 saturated carbocycles. The predicted molar refractivity (Wildman–Crippen MR) is 68.1 cm³/mol. The first-order chi connectivity index (χ1) is 7.93. The molecule has 0 unspecified atom stereocenters. The Bertz CT molecular complexity index is 681. The molecule has 1 aliphatic heterocycles. The van der Waals surface area contributed by atoms with Gasteiger partial charge in [-0.1, -0.05) is 18.2 Å². The summed E-state index contributed by atoms with van der Waals surface area (Å²) in [6.45, 7) is 0. The largest absolute Gasteiger partial charge is 0.293 e. The van der Waals surface area contributed by atoms with E-state index in [4.69, 9.17) is 4.98 Å². The second kappa shape index (κ2) is 3.12. The highest BCUT2D eigenvalue weighted by atomic mass is 32.2. The van der Waals surface area contributed by atoms with Gasteiger partial charge >= 0.3 is 0 Å². The third-order valence-corrected chi connectivity index (χ3v) is 4.71. The van der Waals surface area contributed by atoms with Crippen LogP contribution in [0.2, 0.25) is 0 Å². The zero-order valence-corrected chi connectivity index (χ0v) is 10.0. The third kappa shape index (κ3) is 1.06. The van der Waals surface area contributed by atoms with E-state index in [9.17, 15) is 0 Å². The van der Waals surface area contributed by atoms with E-state index in [1.54, 1.807) is 11.3 Å². The molecule has 0 fully saturated rings. The smallest absolute Gasteiger partial charge is 0.194 e. The lowest BCUT2D eigenvalue weighted by Crippen LogP contribution is -1.96. The predicted octanol–water partition coefficient (Wildman–Crippen LogP) is 3.67. The van der Waals surface area contributed by atoms with Crippen LogP contribution >= 0.6 is 23.1 Å². The molecule has 0 spiro atoms. The number of rotatable bonds is 0. The number of benzene rings is 1. The normalized spacial score (nSPS) is 13.8. The molecule has 0 bridgehead atoms. The van der Waals surface area contributed by atoms with Crippen LogP contribution in [-0.2, 0) is 5.75 Å². The molecule has 0 amide bonds. The SMILES string of the molecule is c1ccc2c(c1)SCc1c-2nc2sccn12. The number of hydrogen-bond donors (Lipinski definition) is 0. The van der Waals surface area contributed by atoms with Gasteiger partial charge in [-0.15, -0.1) is 23.1 Å². The number of aromatic nitrogens is 2. The van der Waals surface area contributed by atoms with Gasteiger partial charge in [-0.2, -0.15) is 0 Å². The summed E-state index contributed by atoms with van der Waals surface area (Å²) in [6.07, 6.45) is 2.11. The fourth-order valence-corrected chi connectivity index (χ4v) is 3.92. The Balaban J connectivity index is 2.10. The minimum Gasteiger partial charge on any atom is -0.293 e. The Morgan fingerprint density at radius 2 is 2.19 bits per heavy atom. The summed E-state index contributed by atoms with van der Waals surface area (Å²) >= 11 is 3.60. The maximum absolute atomic E-state index is 4.72. The molecule has 0 saturated heterocycles. The van der Waals surface area contributed by atoms with Crippen molar-refractivity contribution in [3.8, 4) is 11.3 Å². The highest BCUT2D eigenvalue weighted by Crippen LogP contribution is 2.41. The fourth-order valence-electron chi connectivity index (χ4n) is 2.12. The summed E-state index contributed by atoms with van der Waals surface area (Å²) in [6, 6.07) is 8.52. The first-order valence-electron chi connectivity index (χ1n) is 5.10. The van der Waals surface area contributed by atoms with Crippen molar-refractivity contribution in [2.75, 3.05) is 0 Å². The van der Waals surface area contributed by atoms with Crippen molar-refractivity contribution in [3.05, 3.63) is 41.5 Å². The molecule has 4 rings (SSSR count). The molecule has 3 heterocycles. The highest BCUT2D eigenvalue weighted by Gasteiger charge is 2.21. The van der Waals surface area contributed by atoms with Crippen LogP contribution in [0.4, 0.5) is 0 Å². The monoisotopic (exact) mass is 244 g/mol. The lowest BCUT2D eigenvalue weighted by molar-refractivity contribution is 1.11. The topological polar surface area (TPSA) is 17.3 Å². The van der Waals surface area contributed by atoms with Gasteiger partial charge in [-0.05, 0) is 6.07 Å². The van der Waals surface area contributed by atoms with Crippen molar-refractivity contribution in [1.82, 2.24) is 9.38 Å². The van der Waals surface area contributed by atoms with Crippen LogP contribution in [0.15, 0.2) is 40.7 Å². The quantitative estimate of drug-likeness (QED) is 0.600. The average Bonchev–Trinajstić information content (AvgIpc) is 2.88. The molecule has 2 aromatic heterocycles. The van der Waals surface area contributed by atoms with E-state index in [-0.39, 0.29) is 0 Å². The second-order valence-electron chi connectivity index (χ2n) is 3.75. The van der Waals surface area contributed by atoms with Crippen LogP contribution in [0.5, 0.6) is 0 Å². The fraction of sp³-hybridized carbons (Fsp3) is 0.0833. The standard InChI is InChI=1S/C12H8N2S2/c1-2-4-10-8(3-1)11-9(7-16-10)14-5-6-15-12(14)13-11/h1-6H,7H2. The summed E-state index contributed by atoms with van der Waals surface area (Å²) in [5, 5.41) is 2.09. The van der Waals surface area contributed by atoms with E-state index in [0.29, 0.717) is 0 Å². The van der Waals surface area contributed by atoms with Crippen LogP contribution in [-0.4, -0.2) is 9.38 Å². The van der Waals surface area contributed by atoms with Crippen molar-refractivity contribution < 1.29 is 0 Å². The molecule has 3 aromatic rings. The van der Waals surface area contributed by atoms with Crippen molar-refractivity contribution in [1.29, 1.82) is 0 Å². The Hall–Kier alpha value is -1.26. The van der Waals surface area contributed by atoms with Crippen LogP contribution in [0.1, 0.15) is 5.69 Å². The van der Waals surface area contributed by atoms with Crippen LogP contribution in [0.3, 0.4) is 0 Å². The van der Waals surface area contributed by atoms with Crippen LogP contribution in [0.25, 0.3) is 16.2 Å². The molecule has 4 heteroatoms. The highest BCUT2D eigenvalue weighted by molar-refractivity contribution is 7.98. The molecule has 1 aliphatic rings. The molecule has 0 N–H and O–H groups in total. The number of hydrogen-bond acceptors (Lipinski definition) is 3. The summed E-state index contributed by atoms with van der Waals surface area (Å²) in [5.74, 6) is 1.02. The van der Waals surface area contributed by atoms with Gasteiger partial charge in [0.15, 0.2) is 4.96 Å². The maximum Gasteiger partial charge on any atom is 0.194 e. The Morgan fingerprint density at radius 1 is 1.25 bits per heavy atom. The number of nitrogens with zero attached hydrogens (tertiary/aromatic N) is 2. The van der Waals surface area contributed by atoms with E-state index in [0.717, 1.165) is 10.7 Å². The van der Waals surface area contributed by atoms with E-state index in [1.165, 1.54) is 21.8 Å². The van der Waals surface area contributed by atoms with Crippen molar-refractivity contribution in [2.24, 2.45) is 0 Å². The Kier molecular flexibility index (Phi) is 1.72. The molecule has 0 atom stereocenters. The van der Waals surface area contributed by atoms with E-state index < -0.39 is 0 Å². The van der Waals surface area contributed by atoms with Gasteiger partial charge in [0.05, 0.1) is 11.4 Å². The summed E-state index contributed by atoms with van der Waals surface area (Å²) in [4.78, 5) is 7.17. The molecular weight excluding hydrogens is 236 g/mol. The number of imidazole rings is 1. The molecule has 16 heavy (non-hydrogen) atoms. The molecule has 0 radical (unpaired) electrons. The summed E-state index contributed by atoms with van der Waals surface area (Å²) in [7, 11) is 0. The Labute approximate surface area is 101 Å². The number of thiazole rings is 1. The summed E-state index contributed by atoms with van der Waals surface area (Å²) < 4.78 is 2.21. The molecule has 1 aromatic carbocycles. The zero-order chi connectivity index (χ0) is 10.5. The van der Waals surface area contributed by atoms with Crippen molar-refractivity contribution in [2.45, 2.75) is 10.6 Å². The van der Waals surface area contributed by atoms with Gasteiger partial charge < -0.3 is 0 Å². The lowest BCUT2D eigenvalue weighted by atomic mass is 10.1. The van der Waals surface area contributed by atoms with Crippen LogP contribution < -0.4 is 0 Å². The second-order valence-corrected chi connectivity index (χ2v) is 5.64. The molecule has 2 nitrogen and oxygen atoms in total. The van der Waals surface area contributed by atoms with Gasteiger partial charge in [0, 0.05) is 27.8 Å². The molecular formula is C12H8N2S2. The zero-order valence-electron chi connectivity index (χ0n) is 8.38. The minimum atomic E-state index is 1.02. The Morgan fingerprint density at radius 3 is 3.19 bits per heavy atom. The first-order valence-corrected chi connectivity index (χ1v) is 6.96. The molecule has 0 aliphatic carbocycles. The minimum absolute atomic E-state index is 1.02. The van der Waals surface area contributed by atoms with Gasteiger partial charge in [0.25, 0.3) is 0 Å².